The van der Waals surface area contributed by atoms with Gasteiger partial charge < -0.3 is 28.6 Å². The topological polar surface area (TPSA) is 102 Å². The molecule has 0 fully saturated rings. The minimum atomic E-state index is -1.14. The van der Waals surface area contributed by atoms with Crippen molar-refractivity contribution in [3.63, 3.8) is 0 Å². The second-order valence-electron chi connectivity index (χ2n) is 17.0. The molecule has 0 aliphatic heterocycles. The smallest absolute Gasteiger partial charge is 0.306 e. The van der Waals surface area contributed by atoms with Gasteiger partial charge in [-0.15, -0.1) is 0 Å². The van der Waals surface area contributed by atoms with Gasteiger partial charge in [-0.2, -0.15) is 0 Å². The van der Waals surface area contributed by atoms with Crippen molar-refractivity contribution in [1.82, 2.24) is 0 Å². The molecule has 0 aromatic rings. The average Bonchev–Trinajstić information content (AvgIpc) is 3.22. The van der Waals surface area contributed by atoms with Gasteiger partial charge in [-0.1, -0.05) is 163 Å². The second-order valence-corrected chi connectivity index (χ2v) is 17.0. The van der Waals surface area contributed by atoms with Crippen molar-refractivity contribution < 1.29 is 38.2 Å². The molecule has 2 unspecified atom stereocenters. The monoisotopic (exact) mass is 852 g/mol. The predicted molar refractivity (Wildman–Crippen MR) is 254 cm³/mol. The largest absolute Gasteiger partial charge is 0.544 e. The number of hydrogen-bond acceptors (Lipinski definition) is 7. The van der Waals surface area contributed by atoms with E-state index in [0.717, 1.165) is 77.0 Å². The van der Waals surface area contributed by atoms with E-state index in [2.05, 4.69) is 98.9 Å². The quantitative estimate of drug-likeness (QED) is 0.0261. The Bertz CT molecular complexity index is 1270. The number of rotatable bonds is 42. The maximum Gasteiger partial charge on any atom is 0.306 e. The number of aliphatic carboxylic acids is 1. The first-order chi connectivity index (χ1) is 29.6. The summed E-state index contributed by atoms with van der Waals surface area (Å²) in [6.45, 7) is 4.47. The van der Waals surface area contributed by atoms with E-state index < -0.39 is 18.1 Å². The third-order valence-corrected chi connectivity index (χ3v) is 10.3. The molecule has 0 aromatic heterocycles. The van der Waals surface area contributed by atoms with Crippen LogP contribution < -0.4 is 5.11 Å². The number of esters is 2. The third kappa shape index (κ3) is 41.6. The fourth-order valence-corrected chi connectivity index (χ4v) is 6.55. The molecule has 0 aliphatic carbocycles. The number of hydrogen-bond donors (Lipinski definition) is 0. The Labute approximate surface area is 373 Å². The van der Waals surface area contributed by atoms with Gasteiger partial charge in [0.2, 0.25) is 0 Å². The summed E-state index contributed by atoms with van der Waals surface area (Å²) in [5.74, 6) is -1.82. The Morgan fingerprint density at radius 3 is 1.41 bits per heavy atom. The van der Waals surface area contributed by atoms with E-state index >= 15 is 0 Å². The van der Waals surface area contributed by atoms with E-state index in [1.165, 1.54) is 64.2 Å². The SMILES string of the molecule is CC/C=C/C/C=C/C/C=C/C/C=C/CCCCCCCCCC(=O)OC(COCCC(C(=O)[O-])[N+](C)(C)C)COC(=O)CCC/C=C/C/C=C/C/C=C/CCCCCCCC. The molecule has 0 spiro atoms. The van der Waals surface area contributed by atoms with Crippen molar-refractivity contribution in [2.45, 2.75) is 193 Å². The van der Waals surface area contributed by atoms with Gasteiger partial charge in [0.15, 0.2) is 6.10 Å². The van der Waals surface area contributed by atoms with E-state index in [1.807, 2.05) is 0 Å². The second kappa shape index (κ2) is 43.2. The Kier molecular flexibility index (Phi) is 40.7. The fraction of sp³-hybridized carbons (Fsp3) is 0.679. The molecule has 0 saturated heterocycles. The number of carbonyl (C=O) groups is 3. The number of nitrogens with zero attached hydrogens (tertiary/aromatic N) is 1. The summed E-state index contributed by atoms with van der Waals surface area (Å²) < 4.78 is 17.1. The highest BCUT2D eigenvalue weighted by molar-refractivity contribution is 5.70. The fourth-order valence-electron chi connectivity index (χ4n) is 6.55. The number of carboxylic acid groups (broad SMARTS) is 1. The molecular weight excluding hydrogens is 763 g/mol. The van der Waals surface area contributed by atoms with E-state index in [9.17, 15) is 19.5 Å². The molecule has 61 heavy (non-hydrogen) atoms. The summed E-state index contributed by atoms with van der Waals surface area (Å²) in [6.07, 6.45) is 56.1. The average molecular weight is 852 g/mol. The van der Waals surface area contributed by atoms with E-state index in [0.29, 0.717) is 12.8 Å². The first kappa shape index (κ1) is 57.5. The van der Waals surface area contributed by atoms with Crippen LogP contribution in [0.25, 0.3) is 0 Å². The zero-order valence-corrected chi connectivity index (χ0v) is 39.5. The maximum absolute atomic E-state index is 12.8. The summed E-state index contributed by atoms with van der Waals surface area (Å²) in [4.78, 5) is 36.9. The Morgan fingerprint density at radius 1 is 0.508 bits per heavy atom. The number of carboxylic acids is 1. The molecule has 0 bridgehead atoms. The van der Waals surface area contributed by atoms with E-state index in [4.69, 9.17) is 14.2 Å². The van der Waals surface area contributed by atoms with Crippen LogP contribution in [0.4, 0.5) is 0 Å². The van der Waals surface area contributed by atoms with Crippen molar-refractivity contribution in [1.29, 1.82) is 0 Å². The lowest BCUT2D eigenvalue weighted by molar-refractivity contribution is -0.889. The lowest BCUT2D eigenvalue weighted by Crippen LogP contribution is -2.55. The summed E-state index contributed by atoms with van der Waals surface area (Å²) >= 11 is 0. The van der Waals surface area contributed by atoms with Crippen LogP contribution in [0.3, 0.4) is 0 Å². The Morgan fingerprint density at radius 2 is 0.934 bits per heavy atom. The number of unbranched alkanes of at least 4 members (excludes halogenated alkanes) is 14. The standard InChI is InChI=1S/C53H89NO7/c1-6-8-10-12-14-16-18-20-22-24-25-26-28-30-32-34-36-38-40-42-44-52(56)61-49(47-59-46-45-50(53(57)58)54(3,4)5)48-60-51(55)43-41-39-37-35-33-31-29-27-23-21-19-17-15-13-11-9-7-2/h8,10,14,16,20-23,25-26,29,31,35,37,49-50H,6-7,9,11-13,15,17-19,24,27-28,30,32-34,36,38-48H2,1-5H3/b10-8+,16-14+,22-20+,23-21+,26-25+,31-29+,37-35+. The molecule has 0 heterocycles. The third-order valence-electron chi connectivity index (χ3n) is 10.3. The van der Waals surface area contributed by atoms with Crippen LogP contribution in [0.1, 0.15) is 181 Å². The van der Waals surface area contributed by atoms with Gasteiger partial charge in [0, 0.05) is 19.3 Å². The predicted octanol–water partition coefficient (Wildman–Crippen LogP) is 12.4. The van der Waals surface area contributed by atoms with Gasteiger partial charge in [0.1, 0.15) is 12.6 Å². The maximum atomic E-state index is 12.8. The number of likely N-dealkylation sites (N-methyl/N-ethyl adjacent to an activating group) is 1. The van der Waals surface area contributed by atoms with Crippen LogP contribution in [0.2, 0.25) is 0 Å². The highest BCUT2D eigenvalue weighted by Gasteiger charge is 2.25. The molecule has 2 atom stereocenters. The van der Waals surface area contributed by atoms with Crippen LogP contribution in [0, 0.1) is 0 Å². The molecule has 0 amide bonds. The zero-order valence-electron chi connectivity index (χ0n) is 39.5. The molecule has 0 aliphatic rings. The molecule has 8 heteroatoms. The Hall–Kier alpha value is -3.49. The molecule has 0 N–H and O–H groups in total. The molecule has 0 rings (SSSR count). The number of quaternary nitrogens is 1. The van der Waals surface area contributed by atoms with E-state index in [-0.39, 0.29) is 49.1 Å². The molecule has 8 nitrogen and oxygen atoms in total. The molecule has 0 radical (unpaired) electrons. The number of carbonyl (C=O) groups excluding carboxylic acids is 3. The van der Waals surface area contributed by atoms with Crippen LogP contribution >= 0.6 is 0 Å². The normalized spacial score (nSPS) is 13.7. The van der Waals surface area contributed by atoms with Gasteiger partial charge >= 0.3 is 11.9 Å². The van der Waals surface area contributed by atoms with Crippen molar-refractivity contribution in [3.05, 3.63) is 85.1 Å². The van der Waals surface area contributed by atoms with Gasteiger partial charge in [-0.05, 0) is 83.5 Å². The summed E-state index contributed by atoms with van der Waals surface area (Å²) in [6, 6.07) is -0.740. The van der Waals surface area contributed by atoms with Crippen molar-refractivity contribution in [2.24, 2.45) is 0 Å². The molecular formula is C53H89NO7. The first-order valence-electron chi connectivity index (χ1n) is 24.1. The van der Waals surface area contributed by atoms with Crippen molar-refractivity contribution >= 4 is 17.9 Å². The van der Waals surface area contributed by atoms with Gasteiger partial charge in [-0.25, -0.2) is 0 Å². The number of ether oxygens (including phenoxy) is 3. The lowest BCUT2D eigenvalue weighted by atomic mass is 10.1. The Balaban J connectivity index is 4.40. The molecule has 348 valence electrons. The molecule has 0 aromatic carbocycles. The van der Waals surface area contributed by atoms with Crippen molar-refractivity contribution in [2.75, 3.05) is 41.0 Å². The van der Waals surface area contributed by atoms with E-state index in [1.54, 1.807) is 21.1 Å². The van der Waals surface area contributed by atoms with Gasteiger partial charge in [0.25, 0.3) is 0 Å². The van der Waals surface area contributed by atoms with Gasteiger partial charge in [-0.3, -0.25) is 9.59 Å². The lowest BCUT2D eigenvalue weighted by Gasteiger charge is -2.34. The van der Waals surface area contributed by atoms with Crippen LogP contribution in [0.15, 0.2) is 85.1 Å². The van der Waals surface area contributed by atoms with Gasteiger partial charge in [0.05, 0.1) is 40.3 Å². The van der Waals surface area contributed by atoms with Crippen molar-refractivity contribution in [3.8, 4) is 0 Å². The first-order valence-corrected chi connectivity index (χ1v) is 24.1. The zero-order chi connectivity index (χ0) is 44.9. The minimum Gasteiger partial charge on any atom is -0.544 e. The summed E-state index contributed by atoms with van der Waals surface area (Å²) in [5.41, 5.74) is 0. The highest BCUT2D eigenvalue weighted by Crippen LogP contribution is 2.13. The minimum absolute atomic E-state index is 0.0159. The summed E-state index contributed by atoms with van der Waals surface area (Å²) in [5, 5.41) is 11.6. The highest BCUT2D eigenvalue weighted by atomic mass is 16.6. The van der Waals surface area contributed by atoms with Crippen LogP contribution in [-0.2, 0) is 28.6 Å². The van der Waals surface area contributed by atoms with Crippen LogP contribution in [-0.4, -0.2) is 75.5 Å². The van der Waals surface area contributed by atoms with Crippen LogP contribution in [0.5, 0.6) is 0 Å². The summed E-state index contributed by atoms with van der Waals surface area (Å²) in [7, 11) is 5.38. The molecule has 0 saturated carbocycles. The number of allylic oxidation sites excluding steroid dienone is 14.